The standard InChI is InChI=1S/C27H23ClN2O2/c1-17-11-12-20(15-18(17)2)24-25(29-14-13-19-7-3-4-8-21(19)16-29)27(32)30(26(24)31)23-10-6-5-9-22(23)28/h3-12,15H,13-14,16H2,1-2H3. The number of hydrogen-bond acceptors (Lipinski definition) is 3. The topological polar surface area (TPSA) is 40.6 Å². The van der Waals surface area contributed by atoms with E-state index in [0.29, 0.717) is 35.1 Å². The molecule has 2 heterocycles. The Morgan fingerprint density at radius 3 is 2.28 bits per heavy atom. The van der Waals surface area contributed by atoms with E-state index in [0.717, 1.165) is 23.1 Å². The van der Waals surface area contributed by atoms with E-state index in [2.05, 4.69) is 12.1 Å². The second-order valence-electron chi connectivity index (χ2n) is 8.36. The number of hydrogen-bond donors (Lipinski definition) is 0. The Morgan fingerprint density at radius 1 is 0.812 bits per heavy atom. The van der Waals surface area contributed by atoms with E-state index in [-0.39, 0.29) is 11.8 Å². The predicted octanol–water partition coefficient (Wildman–Crippen LogP) is 5.30. The predicted molar refractivity (Wildman–Crippen MR) is 127 cm³/mol. The van der Waals surface area contributed by atoms with E-state index in [1.54, 1.807) is 24.3 Å². The third-order valence-corrected chi connectivity index (χ3v) is 6.71. The van der Waals surface area contributed by atoms with Crippen LogP contribution in [0.5, 0.6) is 0 Å². The van der Waals surface area contributed by atoms with E-state index in [4.69, 9.17) is 11.6 Å². The van der Waals surface area contributed by atoms with Crippen LogP contribution in [0, 0.1) is 13.8 Å². The molecule has 0 saturated carbocycles. The summed E-state index contributed by atoms with van der Waals surface area (Å²) in [5, 5.41) is 0.374. The summed E-state index contributed by atoms with van der Waals surface area (Å²) in [6.07, 6.45) is 0.827. The first-order chi connectivity index (χ1) is 15.5. The molecule has 160 valence electrons. The number of para-hydroxylation sites is 1. The van der Waals surface area contributed by atoms with Crippen LogP contribution in [-0.2, 0) is 22.6 Å². The number of aryl methyl sites for hydroxylation is 2. The molecule has 0 radical (unpaired) electrons. The first-order valence-electron chi connectivity index (χ1n) is 10.7. The van der Waals surface area contributed by atoms with E-state index in [1.165, 1.54) is 16.0 Å². The SMILES string of the molecule is Cc1ccc(C2=C(N3CCc4ccccc4C3)C(=O)N(c3ccccc3Cl)C2=O)cc1C. The second-order valence-corrected chi connectivity index (χ2v) is 8.77. The van der Waals surface area contributed by atoms with Crippen molar-refractivity contribution in [2.45, 2.75) is 26.8 Å². The van der Waals surface area contributed by atoms with Gasteiger partial charge in [-0.1, -0.05) is 66.2 Å². The van der Waals surface area contributed by atoms with Gasteiger partial charge in [-0.3, -0.25) is 9.59 Å². The van der Waals surface area contributed by atoms with Crippen molar-refractivity contribution in [1.82, 2.24) is 4.90 Å². The van der Waals surface area contributed by atoms with Crippen LogP contribution in [0.25, 0.3) is 5.57 Å². The van der Waals surface area contributed by atoms with Crippen LogP contribution >= 0.6 is 11.6 Å². The molecule has 0 spiro atoms. The van der Waals surface area contributed by atoms with Crippen molar-refractivity contribution in [3.05, 3.63) is 105 Å². The highest BCUT2D eigenvalue weighted by Gasteiger charge is 2.43. The summed E-state index contributed by atoms with van der Waals surface area (Å²) in [6, 6.07) is 21.2. The maximum absolute atomic E-state index is 13.8. The molecule has 5 rings (SSSR count). The van der Waals surface area contributed by atoms with Gasteiger partial charge < -0.3 is 4.90 Å². The van der Waals surface area contributed by atoms with Gasteiger partial charge in [-0.25, -0.2) is 4.90 Å². The van der Waals surface area contributed by atoms with Crippen molar-refractivity contribution in [2.24, 2.45) is 0 Å². The molecule has 4 nitrogen and oxygen atoms in total. The Labute approximate surface area is 192 Å². The molecule has 0 unspecified atom stereocenters. The molecule has 3 aromatic carbocycles. The third kappa shape index (κ3) is 3.32. The quantitative estimate of drug-likeness (QED) is 0.517. The minimum absolute atomic E-state index is 0.323. The van der Waals surface area contributed by atoms with Gasteiger partial charge >= 0.3 is 0 Å². The number of imide groups is 1. The van der Waals surface area contributed by atoms with E-state index < -0.39 is 0 Å². The molecule has 0 atom stereocenters. The molecular formula is C27H23ClN2O2. The number of carbonyl (C=O) groups is 2. The first-order valence-corrected chi connectivity index (χ1v) is 11.1. The third-order valence-electron chi connectivity index (χ3n) is 6.40. The average molecular weight is 443 g/mol. The molecule has 0 saturated heterocycles. The molecule has 2 aliphatic rings. The number of amides is 2. The molecule has 2 aliphatic heterocycles. The highest BCUT2D eigenvalue weighted by molar-refractivity contribution is 6.47. The number of halogens is 1. The summed E-state index contributed by atoms with van der Waals surface area (Å²) in [6.45, 7) is 5.32. The smallest absolute Gasteiger partial charge is 0.282 e. The van der Waals surface area contributed by atoms with Gasteiger partial charge in [0.15, 0.2) is 0 Å². The summed E-state index contributed by atoms with van der Waals surface area (Å²) < 4.78 is 0. The molecule has 0 aliphatic carbocycles. The summed E-state index contributed by atoms with van der Waals surface area (Å²) in [7, 11) is 0. The lowest BCUT2D eigenvalue weighted by Crippen LogP contribution is -2.37. The van der Waals surface area contributed by atoms with Crippen molar-refractivity contribution in [2.75, 3.05) is 11.4 Å². The van der Waals surface area contributed by atoms with Crippen LogP contribution in [0.1, 0.15) is 27.8 Å². The molecule has 0 aromatic heterocycles. The Morgan fingerprint density at radius 2 is 1.53 bits per heavy atom. The zero-order valence-electron chi connectivity index (χ0n) is 18.1. The molecule has 3 aromatic rings. The summed E-state index contributed by atoms with van der Waals surface area (Å²) >= 11 is 6.40. The highest BCUT2D eigenvalue weighted by atomic mass is 35.5. The average Bonchev–Trinajstić information content (AvgIpc) is 3.05. The zero-order chi connectivity index (χ0) is 22.4. The fourth-order valence-corrected chi connectivity index (χ4v) is 4.73. The minimum atomic E-state index is -0.333. The van der Waals surface area contributed by atoms with Gasteiger partial charge in [-0.15, -0.1) is 0 Å². The van der Waals surface area contributed by atoms with Crippen molar-refractivity contribution in [3.63, 3.8) is 0 Å². The molecular weight excluding hydrogens is 420 g/mol. The first kappa shape index (κ1) is 20.5. The number of fused-ring (bicyclic) bond motifs is 1. The van der Waals surface area contributed by atoms with Crippen LogP contribution < -0.4 is 4.90 Å². The van der Waals surface area contributed by atoms with Crippen LogP contribution in [0.15, 0.2) is 72.4 Å². The van der Waals surface area contributed by atoms with Gasteiger partial charge in [0.1, 0.15) is 5.70 Å². The molecule has 0 bridgehead atoms. The summed E-state index contributed by atoms with van der Waals surface area (Å²) in [4.78, 5) is 30.8. The number of anilines is 1. The lowest BCUT2D eigenvalue weighted by Gasteiger charge is -2.31. The molecule has 5 heteroatoms. The van der Waals surface area contributed by atoms with Crippen molar-refractivity contribution in [1.29, 1.82) is 0 Å². The molecule has 0 fully saturated rings. The van der Waals surface area contributed by atoms with E-state index in [9.17, 15) is 9.59 Å². The van der Waals surface area contributed by atoms with Crippen LogP contribution in [0.4, 0.5) is 5.69 Å². The second kappa shape index (κ2) is 7.95. The maximum Gasteiger partial charge on any atom is 0.282 e. The van der Waals surface area contributed by atoms with E-state index >= 15 is 0 Å². The minimum Gasteiger partial charge on any atom is -0.362 e. The molecule has 2 amide bonds. The van der Waals surface area contributed by atoms with Gasteiger partial charge in [-0.05, 0) is 60.2 Å². The fraction of sp³-hybridized carbons (Fsp3) is 0.185. The van der Waals surface area contributed by atoms with Gasteiger partial charge in [0, 0.05) is 13.1 Å². The summed E-state index contributed by atoms with van der Waals surface area (Å²) in [5.74, 6) is -0.657. The van der Waals surface area contributed by atoms with Crippen LogP contribution in [0.3, 0.4) is 0 Å². The molecule has 32 heavy (non-hydrogen) atoms. The van der Waals surface area contributed by atoms with Gasteiger partial charge in [0.25, 0.3) is 11.8 Å². The highest BCUT2D eigenvalue weighted by Crippen LogP contribution is 2.39. The van der Waals surface area contributed by atoms with E-state index in [1.807, 2.05) is 49.1 Å². The normalized spacial score (nSPS) is 16.1. The van der Waals surface area contributed by atoms with Crippen molar-refractivity contribution >= 4 is 34.7 Å². The van der Waals surface area contributed by atoms with Gasteiger partial charge in [0.05, 0.1) is 16.3 Å². The van der Waals surface area contributed by atoms with Gasteiger partial charge in [-0.2, -0.15) is 0 Å². The number of benzene rings is 3. The number of nitrogens with zero attached hydrogens (tertiary/aromatic N) is 2. The lowest BCUT2D eigenvalue weighted by atomic mass is 9.96. The van der Waals surface area contributed by atoms with Crippen LogP contribution in [0.2, 0.25) is 5.02 Å². The summed E-state index contributed by atoms with van der Waals surface area (Å²) in [5.41, 5.74) is 6.76. The fourth-order valence-electron chi connectivity index (χ4n) is 4.51. The van der Waals surface area contributed by atoms with Gasteiger partial charge in [0.2, 0.25) is 0 Å². The Hall–Kier alpha value is -3.37. The zero-order valence-corrected chi connectivity index (χ0v) is 18.8. The Bertz CT molecular complexity index is 1290. The van der Waals surface area contributed by atoms with Crippen molar-refractivity contribution in [3.8, 4) is 0 Å². The monoisotopic (exact) mass is 442 g/mol. The largest absolute Gasteiger partial charge is 0.362 e. The molecule has 0 N–H and O–H groups in total. The number of rotatable bonds is 3. The van der Waals surface area contributed by atoms with Crippen molar-refractivity contribution < 1.29 is 9.59 Å². The number of carbonyl (C=O) groups excluding carboxylic acids is 2. The Balaban J connectivity index is 1.66. The Kier molecular flexibility index (Phi) is 5.10. The lowest BCUT2D eigenvalue weighted by molar-refractivity contribution is -0.120. The maximum atomic E-state index is 13.8. The van der Waals surface area contributed by atoms with Crippen LogP contribution in [-0.4, -0.2) is 23.3 Å².